The summed E-state index contributed by atoms with van der Waals surface area (Å²) >= 11 is 0. The monoisotopic (exact) mass is 217 g/mol. The number of nitrogens with one attached hydrogen (secondary N) is 1. The Morgan fingerprint density at radius 2 is 2.12 bits per heavy atom. The SMILES string of the molecule is CCNCc1cn(Cc2ccncc2)nn1. The van der Waals surface area contributed by atoms with Gasteiger partial charge in [0.05, 0.1) is 18.4 Å². The molecule has 0 amide bonds. The second kappa shape index (κ2) is 5.37. The van der Waals surface area contributed by atoms with Gasteiger partial charge in [-0.1, -0.05) is 12.1 Å². The van der Waals surface area contributed by atoms with Gasteiger partial charge in [-0.25, -0.2) is 4.68 Å². The molecule has 0 fully saturated rings. The summed E-state index contributed by atoms with van der Waals surface area (Å²) in [5, 5.41) is 11.4. The molecule has 1 N–H and O–H groups in total. The standard InChI is InChI=1S/C11H15N5/c1-2-12-7-11-9-16(15-14-11)8-10-3-5-13-6-4-10/h3-6,9,12H,2,7-8H2,1H3. The molecule has 2 aromatic rings. The zero-order valence-electron chi connectivity index (χ0n) is 9.30. The third-order valence-corrected chi connectivity index (χ3v) is 2.24. The number of rotatable bonds is 5. The third kappa shape index (κ3) is 2.87. The second-order valence-electron chi connectivity index (χ2n) is 3.54. The van der Waals surface area contributed by atoms with Crippen LogP contribution in [0.15, 0.2) is 30.7 Å². The van der Waals surface area contributed by atoms with Gasteiger partial charge in [-0.3, -0.25) is 4.98 Å². The van der Waals surface area contributed by atoms with Crippen LogP contribution in [0.25, 0.3) is 0 Å². The molecule has 0 aromatic carbocycles. The smallest absolute Gasteiger partial charge is 0.0964 e. The summed E-state index contributed by atoms with van der Waals surface area (Å²) in [5.74, 6) is 0. The maximum atomic E-state index is 4.08. The Morgan fingerprint density at radius 3 is 2.88 bits per heavy atom. The summed E-state index contributed by atoms with van der Waals surface area (Å²) < 4.78 is 1.84. The molecule has 0 aliphatic heterocycles. The Balaban J connectivity index is 1.97. The predicted octanol–water partition coefficient (Wildman–Crippen LogP) is 0.831. The number of hydrogen-bond acceptors (Lipinski definition) is 4. The lowest BCUT2D eigenvalue weighted by atomic mass is 10.3. The van der Waals surface area contributed by atoms with Crippen LogP contribution in [-0.2, 0) is 13.1 Å². The van der Waals surface area contributed by atoms with Crippen molar-refractivity contribution in [1.82, 2.24) is 25.3 Å². The first-order chi connectivity index (χ1) is 7.88. The van der Waals surface area contributed by atoms with Crippen molar-refractivity contribution in [3.8, 4) is 0 Å². The van der Waals surface area contributed by atoms with E-state index in [1.54, 1.807) is 12.4 Å². The van der Waals surface area contributed by atoms with Gasteiger partial charge in [0.15, 0.2) is 0 Å². The van der Waals surface area contributed by atoms with Gasteiger partial charge in [0.2, 0.25) is 0 Å². The molecule has 0 bridgehead atoms. The van der Waals surface area contributed by atoms with Crippen LogP contribution in [-0.4, -0.2) is 26.5 Å². The molecule has 0 saturated carbocycles. The van der Waals surface area contributed by atoms with E-state index in [0.29, 0.717) is 0 Å². The van der Waals surface area contributed by atoms with Gasteiger partial charge in [-0.15, -0.1) is 5.10 Å². The average molecular weight is 217 g/mol. The largest absolute Gasteiger partial charge is 0.311 e. The Hall–Kier alpha value is -1.75. The quantitative estimate of drug-likeness (QED) is 0.806. The number of nitrogens with zero attached hydrogens (tertiary/aromatic N) is 4. The summed E-state index contributed by atoms with van der Waals surface area (Å²) in [6, 6.07) is 3.96. The fourth-order valence-electron chi connectivity index (χ4n) is 1.43. The van der Waals surface area contributed by atoms with Gasteiger partial charge in [0.1, 0.15) is 0 Å². The Morgan fingerprint density at radius 1 is 1.31 bits per heavy atom. The summed E-state index contributed by atoms with van der Waals surface area (Å²) in [6.07, 6.45) is 5.53. The number of pyridine rings is 1. The number of hydrogen-bond donors (Lipinski definition) is 1. The lowest BCUT2D eigenvalue weighted by Gasteiger charge is -1.99. The molecule has 5 nitrogen and oxygen atoms in total. The van der Waals surface area contributed by atoms with Crippen molar-refractivity contribution in [1.29, 1.82) is 0 Å². The average Bonchev–Trinajstić information content (AvgIpc) is 2.75. The van der Waals surface area contributed by atoms with Crippen molar-refractivity contribution in [2.75, 3.05) is 6.54 Å². The Kier molecular flexibility index (Phi) is 3.61. The zero-order chi connectivity index (χ0) is 11.2. The minimum Gasteiger partial charge on any atom is -0.311 e. The minimum absolute atomic E-state index is 0.738. The highest BCUT2D eigenvalue weighted by Gasteiger charge is 2.00. The molecular weight excluding hydrogens is 202 g/mol. The van der Waals surface area contributed by atoms with Gasteiger partial charge >= 0.3 is 0 Å². The molecule has 0 aliphatic rings. The van der Waals surface area contributed by atoms with E-state index < -0.39 is 0 Å². The molecule has 84 valence electrons. The summed E-state index contributed by atoms with van der Waals surface area (Å²) in [4.78, 5) is 3.98. The first-order valence-electron chi connectivity index (χ1n) is 5.37. The second-order valence-corrected chi connectivity index (χ2v) is 3.54. The van der Waals surface area contributed by atoms with E-state index in [1.165, 1.54) is 5.56 Å². The predicted molar refractivity (Wildman–Crippen MR) is 60.7 cm³/mol. The molecule has 0 unspecified atom stereocenters. The van der Waals surface area contributed by atoms with Crippen molar-refractivity contribution in [3.63, 3.8) is 0 Å². The third-order valence-electron chi connectivity index (χ3n) is 2.24. The highest BCUT2D eigenvalue weighted by molar-refractivity contribution is 5.10. The van der Waals surface area contributed by atoms with Crippen molar-refractivity contribution in [2.45, 2.75) is 20.0 Å². The van der Waals surface area contributed by atoms with E-state index in [0.717, 1.165) is 25.3 Å². The molecule has 2 aromatic heterocycles. The van der Waals surface area contributed by atoms with Crippen molar-refractivity contribution < 1.29 is 0 Å². The highest BCUT2D eigenvalue weighted by atomic mass is 15.4. The van der Waals surface area contributed by atoms with Crippen LogP contribution in [0.2, 0.25) is 0 Å². The van der Waals surface area contributed by atoms with Crippen LogP contribution in [0, 0.1) is 0 Å². The van der Waals surface area contributed by atoms with E-state index in [9.17, 15) is 0 Å². The maximum absolute atomic E-state index is 4.08. The summed E-state index contributed by atoms with van der Waals surface area (Å²) in [5.41, 5.74) is 2.14. The molecule has 0 atom stereocenters. The Bertz CT molecular complexity index is 423. The van der Waals surface area contributed by atoms with E-state index in [2.05, 4.69) is 27.5 Å². The molecule has 0 saturated heterocycles. The fourth-order valence-corrected chi connectivity index (χ4v) is 1.43. The van der Waals surface area contributed by atoms with E-state index >= 15 is 0 Å². The van der Waals surface area contributed by atoms with Crippen LogP contribution in [0.1, 0.15) is 18.2 Å². The van der Waals surface area contributed by atoms with Crippen molar-refractivity contribution >= 4 is 0 Å². The molecule has 16 heavy (non-hydrogen) atoms. The number of aromatic nitrogens is 4. The van der Waals surface area contributed by atoms with Gasteiger partial charge in [0.25, 0.3) is 0 Å². The van der Waals surface area contributed by atoms with Gasteiger partial charge in [-0.2, -0.15) is 0 Å². The van der Waals surface area contributed by atoms with Gasteiger partial charge in [0, 0.05) is 18.9 Å². The first-order valence-corrected chi connectivity index (χ1v) is 5.37. The fraction of sp³-hybridized carbons (Fsp3) is 0.364. The maximum Gasteiger partial charge on any atom is 0.0964 e. The van der Waals surface area contributed by atoms with Crippen molar-refractivity contribution in [3.05, 3.63) is 42.0 Å². The van der Waals surface area contributed by atoms with Gasteiger partial charge < -0.3 is 5.32 Å². The zero-order valence-corrected chi connectivity index (χ0v) is 9.30. The first kappa shape index (κ1) is 10.8. The lowest BCUT2D eigenvalue weighted by Crippen LogP contribution is -2.11. The molecular formula is C11H15N5. The lowest BCUT2D eigenvalue weighted by molar-refractivity contribution is 0.647. The summed E-state index contributed by atoms with van der Waals surface area (Å²) in [6.45, 7) is 4.52. The molecule has 0 aliphatic carbocycles. The van der Waals surface area contributed by atoms with Crippen LogP contribution in [0.3, 0.4) is 0 Å². The molecule has 0 spiro atoms. The van der Waals surface area contributed by atoms with Crippen LogP contribution < -0.4 is 5.32 Å². The van der Waals surface area contributed by atoms with Crippen LogP contribution in [0.5, 0.6) is 0 Å². The van der Waals surface area contributed by atoms with E-state index in [4.69, 9.17) is 0 Å². The van der Waals surface area contributed by atoms with Crippen molar-refractivity contribution in [2.24, 2.45) is 0 Å². The van der Waals surface area contributed by atoms with Crippen LogP contribution >= 0.6 is 0 Å². The molecule has 2 rings (SSSR count). The molecule has 2 heterocycles. The van der Waals surface area contributed by atoms with Crippen LogP contribution in [0.4, 0.5) is 0 Å². The normalized spacial score (nSPS) is 10.6. The van der Waals surface area contributed by atoms with Gasteiger partial charge in [-0.05, 0) is 24.2 Å². The highest BCUT2D eigenvalue weighted by Crippen LogP contribution is 2.00. The van der Waals surface area contributed by atoms with E-state index in [-0.39, 0.29) is 0 Å². The minimum atomic E-state index is 0.738. The molecule has 0 radical (unpaired) electrons. The van der Waals surface area contributed by atoms with E-state index in [1.807, 2.05) is 23.0 Å². The summed E-state index contributed by atoms with van der Waals surface area (Å²) in [7, 11) is 0. The Labute approximate surface area is 94.5 Å². The topological polar surface area (TPSA) is 55.6 Å². The molecule has 5 heteroatoms.